The van der Waals surface area contributed by atoms with Gasteiger partial charge in [0.15, 0.2) is 12.1 Å². The number of nitrogens with one attached hydrogen (secondary N) is 1. The minimum atomic E-state index is -5.73. The summed E-state index contributed by atoms with van der Waals surface area (Å²) in [7, 11) is -15.4. The van der Waals surface area contributed by atoms with Crippen molar-refractivity contribution in [3.8, 4) is 17.6 Å². The number of phosphoric acid groups is 3. The van der Waals surface area contributed by atoms with Gasteiger partial charge in [-0.2, -0.15) is 8.62 Å². The molecule has 60 heavy (non-hydrogen) atoms. The number of rotatable bonds is 24. The zero-order chi connectivity index (χ0) is 44.1. The van der Waals surface area contributed by atoms with E-state index in [4.69, 9.17) is 43.7 Å². The Hall–Kier alpha value is -4.20. The van der Waals surface area contributed by atoms with Crippen LogP contribution in [0.25, 0.3) is 11.0 Å². The molecule has 328 valence electrons. The number of aromatic nitrogens is 3. The summed E-state index contributed by atoms with van der Waals surface area (Å²) in [5.41, 5.74) is 7.22. The van der Waals surface area contributed by atoms with Gasteiger partial charge in [0.25, 0.3) is 0 Å². The highest BCUT2D eigenvalue weighted by atomic mass is 31.3. The van der Waals surface area contributed by atoms with Gasteiger partial charge >= 0.3 is 23.5 Å². The number of ether oxygens (including phenoxy) is 5. The summed E-state index contributed by atoms with van der Waals surface area (Å²) in [6.07, 6.45) is 1.65. The van der Waals surface area contributed by atoms with Gasteiger partial charge in [0, 0.05) is 38.1 Å². The molecule has 6 atom stereocenters. The van der Waals surface area contributed by atoms with Gasteiger partial charge < -0.3 is 63.7 Å². The Morgan fingerprint density at radius 1 is 1.12 bits per heavy atom. The Balaban J connectivity index is 1.34. The molecular weight excluding hydrogens is 859 g/mol. The molecule has 4 rings (SSSR count). The Morgan fingerprint density at radius 3 is 2.58 bits per heavy atom. The highest BCUT2D eigenvalue weighted by Gasteiger charge is 2.43. The van der Waals surface area contributed by atoms with Crippen LogP contribution >= 0.6 is 23.5 Å². The number of hydrogen-bond donors (Lipinski definition) is 6. The molecule has 1 fully saturated rings. The number of nitrogen functional groups attached to an aromatic ring is 1. The maximum Gasteiger partial charge on any atom is 0.490 e. The monoisotopic (exact) mass is 903 g/mol. The van der Waals surface area contributed by atoms with Crippen molar-refractivity contribution in [2.24, 2.45) is 0 Å². The number of hydrogen-bond acceptors (Lipinski definition) is 17. The molecule has 1 aliphatic heterocycles. The van der Waals surface area contributed by atoms with Crippen molar-refractivity contribution in [3.63, 3.8) is 0 Å². The molecule has 0 bridgehead atoms. The molecule has 23 nitrogen and oxygen atoms in total. The molecule has 0 saturated carbocycles. The normalized spacial score (nSPS) is 19.1. The van der Waals surface area contributed by atoms with Gasteiger partial charge in [-0.15, -0.1) is 6.58 Å². The van der Waals surface area contributed by atoms with E-state index in [-0.39, 0.29) is 55.6 Å². The number of nitrogens with two attached hydrogens (primary N) is 1. The fraction of sp³-hybridized carbons (Fsp3) is 0.441. The van der Waals surface area contributed by atoms with Crippen LogP contribution in [0.1, 0.15) is 54.8 Å². The summed E-state index contributed by atoms with van der Waals surface area (Å²) in [6, 6.07) is 6.53. The fourth-order valence-electron chi connectivity index (χ4n) is 5.55. The Kier molecular flexibility index (Phi) is 17.8. The smallest absolute Gasteiger partial charge is 0.488 e. The molecule has 0 radical (unpaired) electrons. The van der Waals surface area contributed by atoms with Crippen molar-refractivity contribution in [1.82, 2.24) is 19.9 Å². The van der Waals surface area contributed by atoms with Gasteiger partial charge in [-0.1, -0.05) is 30.0 Å². The quantitative estimate of drug-likeness (QED) is 0.0247. The molecule has 1 amide bonds. The Labute approximate surface area is 342 Å². The molecule has 2 aromatic heterocycles. The molecule has 6 unspecified atom stereocenters. The first-order valence-corrected chi connectivity index (χ1v) is 22.2. The second-order valence-corrected chi connectivity index (χ2v) is 17.1. The van der Waals surface area contributed by atoms with Crippen LogP contribution in [0, 0.1) is 11.8 Å². The van der Waals surface area contributed by atoms with Gasteiger partial charge in [0.05, 0.1) is 36.8 Å². The minimum absolute atomic E-state index is 0.0102. The molecule has 26 heteroatoms. The lowest BCUT2D eigenvalue weighted by Gasteiger charge is -2.20. The van der Waals surface area contributed by atoms with Crippen LogP contribution in [0.5, 0.6) is 5.75 Å². The summed E-state index contributed by atoms with van der Waals surface area (Å²) in [6.45, 7) is 3.75. The first kappa shape index (κ1) is 48.5. The average molecular weight is 904 g/mol. The number of Topliss-reactive ketones (excluding diaryl/α,β-unsaturated/α-hetero) is 2. The number of benzene rings is 1. The van der Waals surface area contributed by atoms with Crippen LogP contribution in [-0.4, -0.2) is 110 Å². The number of anilines is 1. The van der Waals surface area contributed by atoms with Gasteiger partial charge in [-0.25, -0.2) is 23.7 Å². The second kappa shape index (κ2) is 22.1. The van der Waals surface area contributed by atoms with E-state index in [0.29, 0.717) is 35.1 Å². The first-order chi connectivity index (χ1) is 28.3. The van der Waals surface area contributed by atoms with E-state index in [1.54, 1.807) is 35.0 Å². The third kappa shape index (κ3) is 15.4. The average Bonchev–Trinajstić information content (AvgIpc) is 3.75. The van der Waals surface area contributed by atoms with Crippen molar-refractivity contribution in [2.45, 2.75) is 57.3 Å². The van der Waals surface area contributed by atoms with Crippen LogP contribution < -0.4 is 15.8 Å². The first-order valence-electron chi connectivity index (χ1n) is 17.7. The van der Waals surface area contributed by atoms with E-state index < -0.39 is 67.3 Å². The van der Waals surface area contributed by atoms with Gasteiger partial charge in [-0.05, 0) is 25.5 Å². The number of fused-ring (bicyclic) bond motifs is 1. The molecule has 7 N–H and O–H groups in total. The number of amides is 1. The van der Waals surface area contributed by atoms with E-state index >= 15 is 0 Å². The highest BCUT2D eigenvalue weighted by Crippen LogP contribution is 2.66. The van der Waals surface area contributed by atoms with Crippen molar-refractivity contribution >= 4 is 57.8 Å². The maximum atomic E-state index is 12.7. The summed E-state index contributed by atoms with van der Waals surface area (Å²) in [5.74, 6) is 5.52. The summed E-state index contributed by atoms with van der Waals surface area (Å²) >= 11 is 0. The lowest BCUT2D eigenvalue weighted by molar-refractivity contribution is -0.162. The summed E-state index contributed by atoms with van der Waals surface area (Å²) in [5, 5.41) is 2.95. The Bertz CT molecular complexity index is 2220. The number of methoxy groups -OCH3 is 1. The molecule has 0 aliphatic carbocycles. The number of nitrogens with zero attached hydrogens (tertiary/aromatic N) is 3. The van der Waals surface area contributed by atoms with Crippen LogP contribution in [0.4, 0.5) is 5.82 Å². The van der Waals surface area contributed by atoms with Crippen molar-refractivity contribution in [2.75, 3.05) is 45.8 Å². The topological polar surface area (TPSA) is 326 Å². The molecule has 1 aromatic carbocycles. The standard InChI is InChI=1S/C34H44N5O18P3/c1-4-14-51-31(20-52-25-11-6-9-23(15-25)26(41)12-5-8-22(2)40)53-19-29(42)36-13-7-10-24-17-39(34-32(24)33(35)37-21-38-34)30-16-27(50-3)28(55-30)18-54-59(46,47)57-60(48,49)56-58(43,44)45/h4,6,9,11,15,17,21,27-28,30-31H,1,5,8,12-14,16,18-20H2,2-3H3,(H,36,42)(H,46,47)(H,48,49)(H2,35,37,38)(H2,43,44,45). The van der Waals surface area contributed by atoms with E-state index in [0.717, 1.165) is 0 Å². The van der Waals surface area contributed by atoms with Gasteiger partial charge in [0.1, 0.15) is 54.9 Å². The number of phosphoric ester groups is 1. The van der Waals surface area contributed by atoms with Crippen LogP contribution in [0.2, 0.25) is 0 Å². The van der Waals surface area contributed by atoms with Crippen LogP contribution in [0.15, 0.2) is 49.4 Å². The SMILES string of the molecule is C=CCOC(COc1cccc(C(=O)CCCC(C)=O)c1)OCC(=O)NCC#Cc1cn(C2CC(OC)C(COP(=O)(O)OP(=O)(O)OP(=O)(O)O)O2)c2ncnc(N)c12. The minimum Gasteiger partial charge on any atom is -0.488 e. The predicted octanol–water partition coefficient (Wildman–Crippen LogP) is 2.69. The van der Waals surface area contributed by atoms with Crippen molar-refractivity contribution < 1.29 is 84.5 Å². The zero-order valence-corrected chi connectivity index (χ0v) is 34.9. The highest BCUT2D eigenvalue weighted by molar-refractivity contribution is 7.66. The van der Waals surface area contributed by atoms with Crippen molar-refractivity contribution in [3.05, 3.63) is 60.6 Å². The molecule has 3 aromatic rings. The largest absolute Gasteiger partial charge is 0.490 e. The molecule has 0 spiro atoms. The summed E-state index contributed by atoms with van der Waals surface area (Å²) in [4.78, 5) is 81.5. The molecule has 1 aliphatic rings. The third-order valence-corrected chi connectivity index (χ3v) is 11.9. The van der Waals surface area contributed by atoms with E-state index in [2.05, 4.69) is 42.3 Å². The predicted molar refractivity (Wildman–Crippen MR) is 208 cm³/mol. The Morgan fingerprint density at radius 2 is 1.88 bits per heavy atom. The maximum absolute atomic E-state index is 12.7. The lowest BCUT2D eigenvalue weighted by Crippen LogP contribution is -2.33. The summed E-state index contributed by atoms with van der Waals surface area (Å²) < 4.78 is 77.1. The van der Waals surface area contributed by atoms with E-state index in [1.807, 2.05) is 0 Å². The third-order valence-electron chi connectivity index (χ3n) is 8.12. The van der Waals surface area contributed by atoms with Crippen molar-refractivity contribution in [1.29, 1.82) is 0 Å². The fourth-order valence-corrected chi connectivity index (χ4v) is 8.58. The van der Waals surface area contributed by atoms with Crippen LogP contribution in [-0.2, 0) is 55.4 Å². The second-order valence-electron chi connectivity index (χ2n) is 12.7. The molecular formula is C34H44N5O18P3. The number of ketones is 2. The van der Waals surface area contributed by atoms with Gasteiger partial charge in [-0.3, -0.25) is 14.1 Å². The zero-order valence-electron chi connectivity index (χ0n) is 32.2. The van der Waals surface area contributed by atoms with Gasteiger partial charge in [0.2, 0.25) is 5.91 Å². The van der Waals surface area contributed by atoms with Crippen LogP contribution in [0.3, 0.4) is 0 Å². The number of carbonyl (C=O) groups excluding carboxylic acids is 3. The molecule has 3 heterocycles. The number of carbonyl (C=O) groups is 3. The lowest BCUT2D eigenvalue weighted by atomic mass is 10.0. The van der Waals surface area contributed by atoms with E-state index in [1.165, 1.54) is 26.4 Å². The van der Waals surface area contributed by atoms with E-state index in [9.17, 15) is 37.9 Å². The molecule has 1 saturated heterocycles.